The standard InChI is InChI=1S/C32H26O4/c1-2-7-23(8-3-1)31-27-9-5-4-6-21(27)11-14-28(31)32-29-16-24(33-17-25-18-34-25)13-10-22(29)12-15-30(32)36-20-26-19-35-26/h1-16,25-26H,17-20H2. The summed E-state index contributed by atoms with van der Waals surface area (Å²) < 4.78 is 23.2. The van der Waals surface area contributed by atoms with Gasteiger partial charge in [0.1, 0.15) is 36.9 Å². The van der Waals surface area contributed by atoms with Crippen LogP contribution < -0.4 is 9.47 Å². The molecular formula is C32H26O4. The van der Waals surface area contributed by atoms with E-state index in [1.165, 1.54) is 21.9 Å². The van der Waals surface area contributed by atoms with Gasteiger partial charge in [0.25, 0.3) is 0 Å². The van der Waals surface area contributed by atoms with Gasteiger partial charge in [-0.1, -0.05) is 78.9 Å². The van der Waals surface area contributed by atoms with Crippen LogP contribution >= 0.6 is 0 Å². The normalized spacial score (nSPS) is 18.3. The second-order valence-corrected chi connectivity index (χ2v) is 9.43. The van der Waals surface area contributed by atoms with E-state index in [1.54, 1.807) is 0 Å². The molecule has 0 aliphatic carbocycles. The average Bonchev–Trinajstić information content (AvgIpc) is 3.86. The molecule has 0 amide bonds. The van der Waals surface area contributed by atoms with Gasteiger partial charge in [-0.15, -0.1) is 0 Å². The Labute approximate surface area is 210 Å². The molecule has 7 rings (SSSR count). The summed E-state index contributed by atoms with van der Waals surface area (Å²) in [6, 6.07) is 34.1. The van der Waals surface area contributed by atoms with Crippen LogP contribution in [0.1, 0.15) is 0 Å². The Kier molecular flexibility index (Phi) is 5.34. The first-order chi connectivity index (χ1) is 17.8. The zero-order valence-corrected chi connectivity index (χ0v) is 19.9. The van der Waals surface area contributed by atoms with Gasteiger partial charge in [-0.05, 0) is 56.4 Å². The molecule has 2 aliphatic heterocycles. The van der Waals surface area contributed by atoms with Crippen LogP contribution in [0.3, 0.4) is 0 Å². The quantitative estimate of drug-likeness (QED) is 0.230. The van der Waals surface area contributed by atoms with Crippen molar-refractivity contribution < 1.29 is 18.9 Å². The maximum absolute atomic E-state index is 6.39. The minimum Gasteiger partial charge on any atom is -0.491 e. The average molecular weight is 475 g/mol. The van der Waals surface area contributed by atoms with Crippen molar-refractivity contribution in [2.45, 2.75) is 12.2 Å². The Hall–Kier alpha value is -3.86. The second-order valence-electron chi connectivity index (χ2n) is 9.43. The first-order valence-electron chi connectivity index (χ1n) is 12.5. The van der Waals surface area contributed by atoms with E-state index < -0.39 is 0 Å². The van der Waals surface area contributed by atoms with E-state index >= 15 is 0 Å². The topological polar surface area (TPSA) is 43.5 Å². The van der Waals surface area contributed by atoms with E-state index in [1.807, 2.05) is 6.07 Å². The van der Waals surface area contributed by atoms with Crippen LogP contribution in [0.5, 0.6) is 11.5 Å². The number of ether oxygens (including phenoxy) is 4. The third-order valence-electron chi connectivity index (χ3n) is 6.88. The molecule has 0 spiro atoms. The molecule has 2 atom stereocenters. The van der Waals surface area contributed by atoms with Crippen molar-refractivity contribution in [3.05, 3.63) is 97.1 Å². The summed E-state index contributed by atoms with van der Waals surface area (Å²) in [5, 5.41) is 4.67. The van der Waals surface area contributed by atoms with E-state index in [0.29, 0.717) is 13.2 Å². The van der Waals surface area contributed by atoms with Crippen molar-refractivity contribution in [3.8, 4) is 33.8 Å². The highest BCUT2D eigenvalue weighted by molar-refractivity contribution is 6.10. The monoisotopic (exact) mass is 474 g/mol. The van der Waals surface area contributed by atoms with Gasteiger partial charge in [0.2, 0.25) is 0 Å². The number of benzene rings is 5. The van der Waals surface area contributed by atoms with Crippen LogP contribution in [0, 0.1) is 0 Å². The third kappa shape index (κ3) is 4.19. The molecule has 0 saturated carbocycles. The van der Waals surface area contributed by atoms with Gasteiger partial charge in [0.05, 0.1) is 13.2 Å². The van der Waals surface area contributed by atoms with Gasteiger partial charge in [-0.2, -0.15) is 0 Å². The van der Waals surface area contributed by atoms with Crippen LogP contribution in [0.15, 0.2) is 97.1 Å². The Morgan fingerprint density at radius 2 is 1.28 bits per heavy atom. The van der Waals surface area contributed by atoms with E-state index in [-0.39, 0.29) is 12.2 Å². The summed E-state index contributed by atoms with van der Waals surface area (Å²) in [5.74, 6) is 1.69. The summed E-state index contributed by atoms with van der Waals surface area (Å²) in [6.07, 6.45) is 0.380. The van der Waals surface area contributed by atoms with Crippen molar-refractivity contribution >= 4 is 21.5 Å². The minimum absolute atomic E-state index is 0.173. The zero-order valence-electron chi connectivity index (χ0n) is 19.9. The molecule has 36 heavy (non-hydrogen) atoms. The fourth-order valence-corrected chi connectivity index (χ4v) is 4.86. The van der Waals surface area contributed by atoms with Crippen LogP contribution in [0.4, 0.5) is 0 Å². The predicted molar refractivity (Wildman–Crippen MR) is 143 cm³/mol. The summed E-state index contributed by atoms with van der Waals surface area (Å²) in [4.78, 5) is 0. The first-order valence-corrected chi connectivity index (χ1v) is 12.5. The van der Waals surface area contributed by atoms with Gasteiger partial charge in [0, 0.05) is 5.56 Å². The molecule has 0 bridgehead atoms. The summed E-state index contributed by atoms with van der Waals surface area (Å²) in [6.45, 7) is 2.65. The SMILES string of the molecule is c1ccc(-c2c(-c3c(OCC4CO4)ccc4ccc(OCC5CO5)cc34)ccc3ccccc23)cc1. The molecular weight excluding hydrogens is 448 g/mol. The number of rotatable bonds is 8. The van der Waals surface area contributed by atoms with E-state index in [4.69, 9.17) is 18.9 Å². The van der Waals surface area contributed by atoms with Gasteiger partial charge in [-0.3, -0.25) is 0 Å². The largest absolute Gasteiger partial charge is 0.491 e. The second kappa shape index (κ2) is 8.98. The molecule has 4 nitrogen and oxygen atoms in total. The van der Waals surface area contributed by atoms with Crippen molar-refractivity contribution in [1.82, 2.24) is 0 Å². The molecule has 2 heterocycles. The van der Waals surface area contributed by atoms with Gasteiger partial charge < -0.3 is 18.9 Å². The smallest absolute Gasteiger partial charge is 0.127 e. The predicted octanol–water partition coefficient (Wildman–Crippen LogP) is 6.88. The molecule has 0 radical (unpaired) electrons. The maximum Gasteiger partial charge on any atom is 0.127 e. The van der Waals surface area contributed by atoms with Crippen molar-refractivity contribution in [3.63, 3.8) is 0 Å². The Morgan fingerprint density at radius 1 is 0.611 bits per heavy atom. The number of hydrogen-bond donors (Lipinski definition) is 0. The zero-order chi connectivity index (χ0) is 23.9. The summed E-state index contributed by atoms with van der Waals surface area (Å²) in [5.41, 5.74) is 4.59. The van der Waals surface area contributed by atoms with Crippen molar-refractivity contribution in [1.29, 1.82) is 0 Å². The lowest BCUT2D eigenvalue weighted by Crippen LogP contribution is -2.06. The number of epoxide rings is 2. The Morgan fingerprint density at radius 3 is 2.08 bits per heavy atom. The third-order valence-corrected chi connectivity index (χ3v) is 6.88. The Balaban J connectivity index is 1.47. The van der Waals surface area contributed by atoms with Gasteiger partial charge in [0.15, 0.2) is 0 Å². The molecule has 2 saturated heterocycles. The van der Waals surface area contributed by atoms with Crippen LogP contribution in [0.2, 0.25) is 0 Å². The van der Waals surface area contributed by atoms with Crippen molar-refractivity contribution in [2.75, 3.05) is 26.4 Å². The van der Waals surface area contributed by atoms with Gasteiger partial charge >= 0.3 is 0 Å². The molecule has 5 aromatic carbocycles. The van der Waals surface area contributed by atoms with Crippen LogP contribution in [0.25, 0.3) is 43.8 Å². The lowest BCUT2D eigenvalue weighted by atomic mass is 9.87. The fourth-order valence-electron chi connectivity index (χ4n) is 4.86. The van der Waals surface area contributed by atoms with Crippen LogP contribution in [-0.2, 0) is 9.47 Å². The van der Waals surface area contributed by atoms with Gasteiger partial charge in [-0.25, -0.2) is 0 Å². The van der Waals surface area contributed by atoms with E-state index in [0.717, 1.165) is 46.6 Å². The van der Waals surface area contributed by atoms with Crippen molar-refractivity contribution in [2.24, 2.45) is 0 Å². The number of fused-ring (bicyclic) bond motifs is 2. The summed E-state index contributed by atoms with van der Waals surface area (Å²) in [7, 11) is 0. The lowest BCUT2D eigenvalue weighted by molar-refractivity contribution is 0.263. The molecule has 4 heteroatoms. The highest BCUT2D eigenvalue weighted by Crippen LogP contribution is 2.45. The fraction of sp³-hybridized carbons (Fsp3) is 0.188. The van der Waals surface area contributed by atoms with Crippen LogP contribution in [-0.4, -0.2) is 38.6 Å². The molecule has 2 aliphatic rings. The number of hydrogen-bond acceptors (Lipinski definition) is 4. The molecule has 178 valence electrons. The summed E-state index contributed by atoms with van der Waals surface area (Å²) >= 11 is 0. The molecule has 2 unspecified atom stereocenters. The maximum atomic E-state index is 6.39. The van der Waals surface area contributed by atoms with E-state index in [2.05, 4.69) is 91.0 Å². The molecule has 5 aromatic rings. The first kappa shape index (κ1) is 21.4. The molecule has 2 fully saturated rings. The highest BCUT2D eigenvalue weighted by Gasteiger charge is 2.26. The minimum atomic E-state index is 0.173. The lowest BCUT2D eigenvalue weighted by Gasteiger charge is -2.19. The molecule has 0 N–H and O–H groups in total. The molecule has 0 aromatic heterocycles. The Bertz CT molecular complexity index is 1550. The highest BCUT2D eigenvalue weighted by atomic mass is 16.6. The van der Waals surface area contributed by atoms with E-state index in [9.17, 15) is 0 Å².